The van der Waals surface area contributed by atoms with Crippen molar-refractivity contribution in [1.82, 2.24) is 0 Å². The van der Waals surface area contributed by atoms with E-state index in [0.717, 1.165) is 5.56 Å². The Hall–Kier alpha value is -4.59. The molecule has 0 saturated heterocycles. The van der Waals surface area contributed by atoms with Gasteiger partial charge in [0.15, 0.2) is 0 Å². The number of fused-ring (bicyclic) bond motifs is 1. The zero-order chi connectivity index (χ0) is 24.8. The molecular weight excluding hydrogens is 446 g/mol. The highest BCUT2D eigenvalue weighted by Gasteiger charge is 2.22. The summed E-state index contributed by atoms with van der Waals surface area (Å²) in [7, 11) is 3.06. The van der Waals surface area contributed by atoms with E-state index >= 15 is 0 Å². The fourth-order valence-electron chi connectivity index (χ4n) is 3.88. The number of ether oxygens (including phenoxy) is 2. The van der Waals surface area contributed by atoms with Gasteiger partial charge in [0.1, 0.15) is 29.0 Å². The van der Waals surface area contributed by atoms with Gasteiger partial charge in [-0.2, -0.15) is 0 Å². The van der Waals surface area contributed by atoms with Gasteiger partial charge in [0, 0.05) is 41.1 Å². The van der Waals surface area contributed by atoms with Gasteiger partial charge in [-0.05, 0) is 16.8 Å². The average molecular weight is 472 g/mol. The maximum atomic E-state index is 13.4. The minimum absolute atomic E-state index is 0.0677. The Morgan fingerprint density at radius 1 is 0.914 bits per heavy atom. The summed E-state index contributed by atoms with van der Waals surface area (Å²) in [5.74, 6) is 0.640. The number of hydrogen-bond acceptors (Lipinski definition) is 7. The predicted octanol–water partition coefficient (Wildman–Crippen LogP) is 5.62. The molecule has 0 aliphatic carbocycles. The van der Waals surface area contributed by atoms with Crippen molar-refractivity contribution in [3.63, 3.8) is 0 Å². The maximum Gasteiger partial charge on any atom is 0.247 e. The molecule has 35 heavy (non-hydrogen) atoms. The van der Waals surface area contributed by atoms with E-state index in [1.165, 1.54) is 20.3 Å². The molecule has 4 aromatic carbocycles. The summed E-state index contributed by atoms with van der Waals surface area (Å²) >= 11 is 0. The van der Waals surface area contributed by atoms with Crippen LogP contribution >= 0.6 is 0 Å². The molecule has 178 valence electrons. The van der Waals surface area contributed by atoms with Gasteiger partial charge in [-0.3, -0.25) is 4.79 Å². The van der Waals surface area contributed by atoms with Gasteiger partial charge in [0.05, 0.1) is 19.9 Å². The highest BCUT2D eigenvalue weighted by atomic mass is 16.5. The van der Waals surface area contributed by atoms with E-state index < -0.39 is 6.04 Å². The van der Waals surface area contributed by atoms with Crippen molar-refractivity contribution in [1.29, 1.82) is 0 Å². The number of aromatic hydroxyl groups is 1. The summed E-state index contributed by atoms with van der Waals surface area (Å²) < 4.78 is 10.6. The van der Waals surface area contributed by atoms with Crippen LogP contribution in [-0.2, 0) is 11.2 Å². The number of rotatable bonds is 9. The molecule has 0 spiro atoms. The molecule has 0 aromatic heterocycles. The highest BCUT2D eigenvalue weighted by molar-refractivity contribution is 6.02. The molecule has 0 aliphatic heterocycles. The lowest BCUT2D eigenvalue weighted by Gasteiger charge is -2.21. The lowest BCUT2D eigenvalue weighted by Crippen LogP contribution is -2.36. The van der Waals surface area contributed by atoms with E-state index in [1.54, 1.807) is 42.5 Å². The molecule has 8 heteroatoms. The number of phenolic OH excluding ortho intramolecular Hbond substituents is 1. The van der Waals surface area contributed by atoms with Gasteiger partial charge >= 0.3 is 0 Å². The van der Waals surface area contributed by atoms with E-state index in [-0.39, 0.29) is 23.0 Å². The maximum absolute atomic E-state index is 13.4. The molecule has 0 aliphatic rings. The van der Waals surface area contributed by atoms with Crippen LogP contribution in [0.5, 0.6) is 17.2 Å². The van der Waals surface area contributed by atoms with Gasteiger partial charge in [0.25, 0.3) is 0 Å². The van der Waals surface area contributed by atoms with Crippen LogP contribution in [0.1, 0.15) is 5.56 Å². The summed E-state index contributed by atoms with van der Waals surface area (Å²) in [4.78, 5) is 24.9. The molecule has 1 atom stereocenters. The first-order chi connectivity index (χ1) is 17.0. The summed E-state index contributed by atoms with van der Waals surface area (Å²) in [5, 5.41) is 21.0. The van der Waals surface area contributed by atoms with E-state index in [4.69, 9.17) is 9.47 Å². The number of carbonyl (C=O) groups excluding carboxylic acids is 1. The lowest BCUT2D eigenvalue weighted by molar-refractivity contribution is -0.116. The van der Waals surface area contributed by atoms with E-state index in [1.807, 2.05) is 30.3 Å². The number of hydrogen-bond donors (Lipinski definition) is 3. The summed E-state index contributed by atoms with van der Waals surface area (Å²) in [6.07, 6.45) is 0.323. The Morgan fingerprint density at radius 2 is 1.54 bits per heavy atom. The number of anilines is 2. The van der Waals surface area contributed by atoms with Gasteiger partial charge in [-0.25, -0.2) is 0 Å². The van der Waals surface area contributed by atoms with Gasteiger partial charge in [-0.1, -0.05) is 54.6 Å². The summed E-state index contributed by atoms with van der Waals surface area (Å²) in [5.41, 5.74) is 1.80. The third-order valence-corrected chi connectivity index (χ3v) is 5.64. The first-order valence-electron chi connectivity index (χ1n) is 10.9. The third-order valence-electron chi connectivity index (χ3n) is 5.64. The number of benzene rings is 4. The second-order valence-corrected chi connectivity index (χ2v) is 7.91. The van der Waals surface area contributed by atoms with Crippen LogP contribution in [-0.4, -0.2) is 31.3 Å². The van der Waals surface area contributed by atoms with Crippen molar-refractivity contribution in [2.24, 2.45) is 5.18 Å². The van der Waals surface area contributed by atoms with Gasteiger partial charge < -0.3 is 25.2 Å². The Morgan fingerprint density at radius 3 is 2.17 bits per heavy atom. The van der Waals surface area contributed by atoms with Crippen LogP contribution < -0.4 is 20.1 Å². The smallest absolute Gasteiger partial charge is 0.247 e. The number of phenols is 1. The highest BCUT2D eigenvalue weighted by Crippen LogP contribution is 2.39. The van der Waals surface area contributed by atoms with Crippen LogP contribution in [0, 0.1) is 4.91 Å². The SMILES string of the molecule is COc1cc(NC(=O)C(Cc2ccccc2)Nc2cc(N=O)c3ccccc3c2O)cc(OC)c1. The molecule has 0 radical (unpaired) electrons. The molecule has 1 amide bonds. The normalized spacial score (nSPS) is 11.5. The molecule has 4 rings (SSSR count). The summed E-state index contributed by atoms with van der Waals surface area (Å²) in [6, 6.07) is 22.1. The molecule has 0 saturated carbocycles. The standard InChI is InChI=1S/C27H25N3O5/c1-34-19-13-18(14-20(15-19)35-2)28-27(32)25(12-17-8-4-3-5-9-17)29-24-16-23(30-33)21-10-6-7-11-22(21)26(24)31/h3-11,13-16,25,29,31H,12H2,1-2H3,(H,28,32). The van der Waals surface area contributed by atoms with Crippen molar-refractivity contribution < 1.29 is 19.4 Å². The van der Waals surface area contributed by atoms with Crippen LogP contribution in [0.2, 0.25) is 0 Å². The van der Waals surface area contributed by atoms with Crippen molar-refractivity contribution in [2.45, 2.75) is 12.5 Å². The number of methoxy groups -OCH3 is 2. The molecular formula is C27H25N3O5. The minimum atomic E-state index is -0.791. The van der Waals surface area contributed by atoms with E-state index in [0.29, 0.717) is 34.4 Å². The van der Waals surface area contributed by atoms with Crippen LogP contribution in [0.15, 0.2) is 84.0 Å². The lowest BCUT2D eigenvalue weighted by atomic mass is 10.0. The predicted molar refractivity (Wildman–Crippen MR) is 137 cm³/mol. The molecule has 1 unspecified atom stereocenters. The molecule has 4 aromatic rings. The fourth-order valence-corrected chi connectivity index (χ4v) is 3.88. The Bertz CT molecular complexity index is 1340. The largest absolute Gasteiger partial charge is 0.505 e. The first kappa shape index (κ1) is 23.6. The Balaban J connectivity index is 1.69. The van der Waals surface area contributed by atoms with E-state index in [9.17, 15) is 14.8 Å². The summed E-state index contributed by atoms with van der Waals surface area (Å²) in [6.45, 7) is 0. The Kier molecular flexibility index (Phi) is 7.11. The monoisotopic (exact) mass is 471 g/mol. The number of nitrogens with one attached hydrogen (secondary N) is 2. The number of nitrogens with zero attached hydrogens (tertiary/aromatic N) is 1. The first-order valence-corrected chi connectivity index (χ1v) is 10.9. The van der Waals surface area contributed by atoms with Crippen LogP contribution in [0.4, 0.5) is 17.1 Å². The average Bonchev–Trinajstić information content (AvgIpc) is 2.90. The second kappa shape index (κ2) is 10.6. The molecule has 0 bridgehead atoms. The second-order valence-electron chi connectivity index (χ2n) is 7.91. The topological polar surface area (TPSA) is 109 Å². The van der Waals surface area contributed by atoms with Crippen molar-refractivity contribution in [3.05, 3.63) is 89.3 Å². The Labute approximate surface area is 202 Å². The zero-order valence-corrected chi connectivity index (χ0v) is 19.3. The fraction of sp³-hybridized carbons (Fsp3) is 0.148. The van der Waals surface area contributed by atoms with Crippen molar-refractivity contribution in [3.8, 4) is 17.2 Å². The van der Waals surface area contributed by atoms with E-state index in [2.05, 4.69) is 15.8 Å². The minimum Gasteiger partial charge on any atom is -0.505 e. The van der Waals surface area contributed by atoms with Gasteiger partial charge in [0.2, 0.25) is 5.91 Å². The number of nitroso groups, excluding NO2 is 1. The quantitative estimate of drug-likeness (QED) is 0.216. The number of carbonyl (C=O) groups is 1. The number of amides is 1. The molecule has 0 fully saturated rings. The molecule has 3 N–H and O–H groups in total. The van der Waals surface area contributed by atoms with Crippen molar-refractivity contribution in [2.75, 3.05) is 24.9 Å². The molecule has 0 heterocycles. The third kappa shape index (κ3) is 5.33. The van der Waals surface area contributed by atoms with Crippen molar-refractivity contribution >= 4 is 33.7 Å². The zero-order valence-electron chi connectivity index (χ0n) is 19.3. The van der Waals surface area contributed by atoms with Crippen LogP contribution in [0.25, 0.3) is 10.8 Å². The van der Waals surface area contributed by atoms with Crippen LogP contribution in [0.3, 0.4) is 0 Å². The molecule has 8 nitrogen and oxygen atoms in total. The van der Waals surface area contributed by atoms with Gasteiger partial charge in [-0.15, -0.1) is 4.91 Å².